The zero-order valence-electron chi connectivity index (χ0n) is 7.96. The van der Waals surface area contributed by atoms with Crippen molar-refractivity contribution in [3.8, 4) is 0 Å². The number of rotatable bonds is 2. The molecule has 2 N–H and O–H groups in total. The molecule has 1 aromatic heterocycles. The van der Waals surface area contributed by atoms with E-state index in [1.54, 1.807) is 0 Å². The summed E-state index contributed by atoms with van der Waals surface area (Å²) in [5.74, 6) is 0.135. The minimum absolute atomic E-state index is 0.0553. The molecule has 5 heteroatoms. The molecule has 2 nitrogen and oxygen atoms in total. The number of nitrogens with zero attached hydrogens (tertiary/aromatic N) is 1. The van der Waals surface area contributed by atoms with Crippen LogP contribution in [0, 0.1) is 5.92 Å². The molecule has 1 aliphatic carbocycles. The van der Waals surface area contributed by atoms with E-state index in [1.165, 1.54) is 12.4 Å². The summed E-state index contributed by atoms with van der Waals surface area (Å²) in [5, 5.41) is 0. The van der Waals surface area contributed by atoms with E-state index < -0.39 is 11.7 Å². The molecule has 1 fully saturated rings. The van der Waals surface area contributed by atoms with Gasteiger partial charge in [0, 0.05) is 12.4 Å². The largest absolute Gasteiger partial charge is 0.416 e. The van der Waals surface area contributed by atoms with Gasteiger partial charge in [-0.05, 0) is 36.4 Å². The summed E-state index contributed by atoms with van der Waals surface area (Å²) >= 11 is 0. The Labute approximate surface area is 85.3 Å². The second kappa shape index (κ2) is 3.48. The number of aromatic nitrogens is 1. The Balaban J connectivity index is 2.32. The van der Waals surface area contributed by atoms with E-state index in [-0.39, 0.29) is 11.8 Å². The highest BCUT2D eigenvalue weighted by molar-refractivity contribution is 5.33. The lowest BCUT2D eigenvalue weighted by molar-refractivity contribution is -0.138. The molecule has 0 aliphatic heterocycles. The highest BCUT2D eigenvalue weighted by Crippen LogP contribution is 2.49. The van der Waals surface area contributed by atoms with Gasteiger partial charge in [-0.1, -0.05) is 0 Å². The van der Waals surface area contributed by atoms with E-state index in [0.717, 1.165) is 12.5 Å². The lowest BCUT2D eigenvalue weighted by Gasteiger charge is -2.11. The van der Waals surface area contributed by atoms with Crippen molar-refractivity contribution in [3.63, 3.8) is 0 Å². The number of hydrogen-bond donors (Lipinski definition) is 1. The third-order valence-corrected chi connectivity index (χ3v) is 2.78. The molecular weight excluding hydrogens is 205 g/mol. The predicted octanol–water partition coefficient (Wildman–Crippen LogP) is 2.16. The average molecular weight is 216 g/mol. The Hall–Kier alpha value is -1.10. The maximum Gasteiger partial charge on any atom is 0.416 e. The average Bonchev–Trinajstić information content (AvgIpc) is 2.95. The van der Waals surface area contributed by atoms with E-state index >= 15 is 0 Å². The Morgan fingerprint density at radius 2 is 2.20 bits per heavy atom. The van der Waals surface area contributed by atoms with Gasteiger partial charge in [0.25, 0.3) is 0 Å². The van der Waals surface area contributed by atoms with E-state index in [0.29, 0.717) is 12.1 Å². The van der Waals surface area contributed by atoms with Crippen LogP contribution >= 0.6 is 0 Å². The van der Waals surface area contributed by atoms with Gasteiger partial charge in [-0.25, -0.2) is 0 Å². The fourth-order valence-corrected chi connectivity index (χ4v) is 1.85. The van der Waals surface area contributed by atoms with Gasteiger partial charge in [-0.15, -0.1) is 0 Å². The second-order valence-corrected chi connectivity index (χ2v) is 3.80. The van der Waals surface area contributed by atoms with Crippen molar-refractivity contribution in [1.82, 2.24) is 4.98 Å². The normalized spacial score (nSPS) is 25.3. The molecule has 2 atom stereocenters. The minimum atomic E-state index is -4.29. The Kier molecular flexibility index (Phi) is 2.42. The molecule has 1 heterocycles. The molecule has 0 bridgehead atoms. The Bertz CT molecular complexity index is 362. The number of pyridine rings is 1. The van der Waals surface area contributed by atoms with Crippen LogP contribution in [0.1, 0.15) is 23.5 Å². The van der Waals surface area contributed by atoms with Crippen LogP contribution in [-0.2, 0) is 6.18 Å². The van der Waals surface area contributed by atoms with E-state index in [2.05, 4.69) is 4.98 Å². The summed E-state index contributed by atoms with van der Waals surface area (Å²) in [5.41, 5.74) is 5.14. The molecule has 1 saturated carbocycles. The van der Waals surface area contributed by atoms with Crippen LogP contribution < -0.4 is 5.73 Å². The fraction of sp³-hybridized carbons (Fsp3) is 0.500. The van der Waals surface area contributed by atoms with Crippen molar-refractivity contribution in [3.05, 3.63) is 29.6 Å². The first-order valence-corrected chi connectivity index (χ1v) is 4.75. The first kappa shape index (κ1) is 10.4. The zero-order valence-corrected chi connectivity index (χ0v) is 7.96. The summed E-state index contributed by atoms with van der Waals surface area (Å²) in [7, 11) is 0. The standard InChI is InChI=1S/C10H11F3N2/c11-10(12,13)9-1-2-15-5-8(9)7-3-6(7)4-14/h1-2,5-7H,3-4,14H2. The van der Waals surface area contributed by atoms with E-state index in [4.69, 9.17) is 5.73 Å². The Morgan fingerprint density at radius 1 is 1.47 bits per heavy atom. The highest BCUT2D eigenvalue weighted by Gasteiger charge is 2.43. The molecule has 2 rings (SSSR count). The zero-order chi connectivity index (χ0) is 11.1. The predicted molar refractivity (Wildman–Crippen MR) is 49.1 cm³/mol. The van der Waals surface area contributed by atoms with Crippen molar-refractivity contribution >= 4 is 0 Å². The molecule has 82 valence electrons. The molecule has 1 aliphatic rings. The molecule has 2 unspecified atom stereocenters. The maximum atomic E-state index is 12.6. The van der Waals surface area contributed by atoms with Gasteiger partial charge in [-0.2, -0.15) is 13.2 Å². The third kappa shape index (κ3) is 1.97. The monoisotopic (exact) mass is 216 g/mol. The Morgan fingerprint density at radius 3 is 2.73 bits per heavy atom. The lowest BCUT2D eigenvalue weighted by atomic mass is 10.0. The van der Waals surface area contributed by atoms with Gasteiger partial charge in [0.2, 0.25) is 0 Å². The molecule has 0 saturated heterocycles. The molecule has 0 amide bonds. The van der Waals surface area contributed by atoms with Crippen LogP contribution in [0.5, 0.6) is 0 Å². The van der Waals surface area contributed by atoms with Gasteiger partial charge in [0.15, 0.2) is 0 Å². The smallest absolute Gasteiger partial charge is 0.330 e. The van der Waals surface area contributed by atoms with Crippen molar-refractivity contribution in [2.24, 2.45) is 11.7 Å². The van der Waals surface area contributed by atoms with Gasteiger partial charge >= 0.3 is 6.18 Å². The van der Waals surface area contributed by atoms with Crippen LogP contribution in [0.25, 0.3) is 0 Å². The summed E-state index contributed by atoms with van der Waals surface area (Å²) in [6.45, 7) is 0.441. The number of alkyl halides is 3. The highest BCUT2D eigenvalue weighted by atomic mass is 19.4. The molecule has 0 radical (unpaired) electrons. The number of hydrogen-bond acceptors (Lipinski definition) is 2. The SMILES string of the molecule is NCC1CC1c1cnccc1C(F)(F)F. The van der Waals surface area contributed by atoms with Gasteiger partial charge in [0.1, 0.15) is 0 Å². The molecule has 0 aromatic carbocycles. The van der Waals surface area contributed by atoms with E-state index in [9.17, 15) is 13.2 Å². The fourth-order valence-electron chi connectivity index (χ4n) is 1.85. The van der Waals surface area contributed by atoms with Crippen LogP contribution in [0.2, 0.25) is 0 Å². The maximum absolute atomic E-state index is 12.6. The summed E-state index contributed by atoms with van der Waals surface area (Å²) in [6, 6.07) is 1.03. The second-order valence-electron chi connectivity index (χ2n) is 3.80. The summed E-state index contributed by atoms with van der Waals surface area (Å²) < 4.78 is 37.8. The van der Waals surface area contributed by atoms with Crippen LogP contribution in [0.4, 0.5) is 13.2 Å². The topological polar surface area (TPSA) is 38.9 Å². The van der Waals surface area contributed by atoms with Crippen LogP contribution in [0.3, 0.4) is 0 Å². The van der Waals surface area contributed by atoms with Gasteiger partial charge < -0.3 is 5.73 Å². The molecular formula is C10H11F3N2. The number of nitrogens with two attached hydrogens (primary N) is 1. The summed E-state index contributed by atoms with van der Waals surface area (Å²) in [6.07, 6.45) is -1.07. The van der Waals surface area contributed by atoms with Gasteiger partial charge in [-0.3, -0.25) is 4.98 Å². The van der Waals surface area contributed by atoms with Crippen molar-refractivity contribution in [1.29, 1.82) is 0 Å². The molecule has 0 spiro atoms. The minimum Gasteiger partial charge on any atom is -0.330 e. The molecule has 15 heavy (non-hydrogen) atoms. The first-order valence-electron chi connectivity index (χ1n) is 4.75. The first-order chi connectivity index (χ1) is 7.04. The van der Waals surface area contributed by atoms with Crippen LogP contribution in [0.15, 0.2) is 18.5 Å². The lowest BCUT2D eigenvalue weighted by Crippen LogP contribution is -2.10. The van der Waals surface area contributed by atoms with Crippen LogP contribution in [-0.4, -0.2) is 11.5 Å². The van der Waals surface area contributed by atoms with E-state index in [1.807, 2.05) is 0 Å². The number of halogens is 3. The van der Waals surface area contributed by atoms with Gasteiger partial charge in [0.05, 0.1) is 5.56 Å². The quantitative estimate of drug-likeness (QED) is 0.822. The third-order valence-electron chi connectivity index (χ3n) is 2.78. The summed E-state index contributed by atoms with van der Waals surface area (Å²) in [4.78, 5) is 3.75. The van der Waals surface area contributed by atoms with Crippen molar-refractivity contribution in [2.75, 3.05) is 6.54 Å². The van der Waals surface area contributed by atoms with Crippen molar-refractivity contribution in [2.45, 2.75) is 18.5 Å². The van der Waals surface area contributed by atoms with Crippen molar-refractivity contribution < 1.29 is 13.2 Å². The molecule has 1 aromatic rings.